The maximum Gasteiger partial charge on any atom is 0.483 e. The molecule has 3 heterocycles. The van der Waals surface area contributed by atoms with E-state index in [0.717, 1.165) is 40.0 Å². The number of hydrogen-bond acceptors (Lipinski definition) is 23. The minimum absolute atomic E-state index is 0.0218. The maximum absolute atomic E-state index is 13.3. The molecular formula is C38H60N8O27P2. The number of aliphatic hydroxyl groups is 4. The van der Waals surface area contributed by atoms with Crippen LogP contribution in [0.4, 0.5) is 0 Å². The fourth-order valence-electron chi connectivity index (χ4n) is 7.00. The van der Waals surface area contributed by atoms with Crippen molar-refractivity contribution in [1.82, 2.24) is 36.1 Å². The number of carbonyl (C=O) groups is 8. The normalized spacial score (nSPS) is 26.6. The molecule has 0 aromatic carbocycles. The van der Waals surface area contributed by atoms with Crippen LogP contribution in [0.1, 0.15) is 66.0 Å². The molecule has 2 saturated heterocycles. The Balaban J connectivity index is 1.66. The zero-order chi connectivity index (χ0) is 56.9. The summed E-state index contributed by atoms with van der Waals surface area (Å²) in [6.07, 6.45) is -17.8. The van der Waals surface area contributed by atoms with Gasteiger partial charge in [-0.05, 0) is 46.5 Å². The van der Waals surface area contributed by atoms with Crippen LogP contribution in [0.25, 0.3) is 0 Å². The lowest BCUT2D eigenvalue weighted by molar-refractivity contribution is -0.261. The molecule has 3 rings (SSSR count). The first-order valence-electron chi connectivity index (χ1n) is 22.3. The van der Waals surface area contributed by atoms with Crippen molar-refractivity contribution in [1.29, 1.82) is 0 Å². The first-order chi connectivity index (χ1) is 34.8. The van der Waals surface area contributed by atoms with E-state index in [2.05, 4.69) is 35.4 Å². The van der Waals surface area contributed by atoms with Gasteiger partial charge in [-0.2, -0.15) is 4.31 Å². The predicted molar refractivity (Wildman–Crippen MR) is 242 cm³/mol. The molecule has 0 radical (unpaired) electrons. The number of H-pyrrole nitrogens is 1. The Morgan fingerprint density at radius 1 is 0.787 bits per heavy atom. The second kappa shape index (κ2) is 28.0. The van der Waals surface area contributed by atoms with Crippen molar-refractivity contribution >= 4 is 63.1 Å². The second-order valence-electron chi connectivity index (χ2n) is 16.9. The van der Waals surface area contributed by atoms with Crippen molar-refractivity contribution in [2.75, 3.05) is 13.2 Å². The summed E-state index contributed by atoms with van der Waals surface area (Å²) in [5.41, 5.74) is 3.59. The number of aliphatic carboxylic acids is 3. The number of rotatable bonds is 29. The SMILES string of the molecule is CC(=O)NC1C(OP(=O)(O)OP(=O)(O)OC[C@H]2O[C@@H](n3ccc(=O)[nH]c3=O)C(O)C2O)OC(CO)C(O)C1OC(C)C(=O)NC(C)C(=O)NC(CCC(=O)NC(CCCC(N)C(=O)O)C(=O)NC(C)C(=O)O)C(=O)O. The van der Waals surface area contributed by atoms with Gasteiger partial charge in [-0.25, -0.2) is 18.7 Å². The minimum Gasteiger partial charge on any atom is -0.480 e. The number of aromatic nitrogens is 2. The van der Waals surface area contributed by atoms with Gasteiger partial charge < -0.3 is 92.1 Å². The lowest BCUT2D eigenvalue weighted by Gasteiger charge is -2.44. The van der Waals surface area contributed by atoms with E-state index in [9.17, 15) is 92.4 Å². The van der Waals surface area contributed by atoms with Gasteiger partial charge in [0.25, 0.3) is 5.56 Å². The number of carbonyl (C=O) groups excluding carboxylic acids is 5. The van der Waals surface area contributed by atoms with Gasteiger partial charge in [0.1, 0.15) is 79.0 Å². The second-order valence-corrected chi connectivity index (χ2v) is 19.9. The van der Waals surface area contributed by atoms with Crippen LogP contribution in [-0.4, -0.2) is 201 Å². The average Bonchev–Trinajstić information content (AvgIpc) is 3.58. The van der Waals surface area contributed by atoms with Crippen molar-refractivity contribution < 1.29 is 121 Å². The Morgan fingerprint density at radius 2 is 1.43 bits per heavy atom. The van der Waals surface area contributed by atoms with Crippen molar-refractivity contribution in [3.8, 4) is 0 Å². The molecule has 0 saturated carbocycles. The Kier molecular flexibility index (Phi) is 23.7. The van der Waals surface area contributed by atoms with Crippen molar-refractivity contribution in [2.24, 2.45) is 5.73 Å². The van der Waals surface area contributed by atoms with Crippen molar-refractivity contribution in [3.05, 3.63) is 33.1 Å². The third-order valence-electron chi connectivity index (χ3n) is 11.0. The number of aliphatic hydroxyl groups excluding tert-OH is 4. The third-order valence-corrected chi connectivity index (χ3v) is 13.6. The largest absolute Gasteiger partial charge is 0.483 e. The highest BCUT2D eigenvalue weighted by molar-refractivity contribution is 7.61. The Hall–Kier alpha value is -5.62. The molecule has 2 aliphatic rings. The first-order valence-corrected chi connectivity index (χ1v) is 25.3. The number of carboxylic acids is 3. The number of nitrogens with one attached hydrogen (secondary N) is 6. The number of nitrogens with zero attached hydrogens (tertiary/aromatic N) is 1. The lowest BCUT2D eigenvalue weighted by atomic mass is 9.96. The van der Waals surface area contributed by atoms with Gasteiger partial charge >= 0.3 is 39.2 Å². The predicted octanol–water partition coefficient (Wildman–Crippen LogP) is -6.73. The number of hydrogen-bond donors (Lipinski definition) is 16. The van der Waals surface area contributed by atoms with E-state index in [1.54, 1.807) is 0 Å². The van der Waals surface area contributed by atoms with E-state index in [1.165, 1.54) is 0 Å². The van der Waals surface area contributed by atoms with Crippen LogP contribution < -0.4 is 43.6 Å². The molecule has 17 N–H and O–H groups in total. The standard InChI is InChI=1S/C38H60N8O27P2/c1-14(30(54)44-20(36(61)62)8-9-23(49)43-19(7-5-6-18(39)35(59)60)32(56)41-15(2)34(57)58)40-31(55)16(3)69-29-25(42-17(4)48)37(71-21(12-47)27(29)52)72-75(66,67)73-74(64,65)68-13-22-26(51)28(53)33(70-22)46-11-10-24(50)45-38(46)63/h10-11,14-16,18-22,25-29,33,37,47,51-53H,5-9,12-13,39H2,1-4H3,(H,40,55)(H,41,56)(H,42,48)(H,43,49)(H,44,54)(H,57,58)(H,59,60)(H,61,62)(H,64,65)(H,66,67)(H,45,50,63)/t14?,15?,16?,18?,19?,20?,21?,22-,25?,26?,27?,28?,29?,33-,37?/m1/s1. The number of amides is 5. The number of phosphoric ester groups is 2. The number of aromatic amines is 1. The van der Waals surface area contributed by atoms with E-state index < -0.39 is 192 Å². The molecule has 2 fully saturated rings. The number of nitrogens with two attached hydrogens (primary N) is 1. The minimum atomic E-state index is -5.95. The lowest BCUT2D eigenvalue weighted by Crippen LogP contribution is -2.66. The highest BCUT2D eigenvalue weighted by atomic mass is 31.3. The molecule has 17 atom stereocenters. The Morgan fingerprint density at radius 3 is 2.00 bits per heavy atom. The molecule has 424 valence electrons. The van der Waals surface area contributed by atoms with E-state index >= 15 is 0 Å². The monoisotopic (exact) mass is 1120 g/mol. The summed E-state index contributed by atoms with van der Waals surface area (Å²) in [7, 11) is -11.7. The van der Waals surface area contributed by atoms with Crippen molar-refractivity contribution in [2.45, 2.75) is 151 Å². The van der Waals surface area contributed by atoms with Gasteiger partial charge in [0.15, 0.2) is 12.5 Å². The molecule has 35 nitrogen and oxygen atoms in total. The maximum atomic E-state index is 13.3. The molecule has 0 aliphatic carbocycles. The average molecular weight is 1120 g/mol. The van der Waals surface area contributed by atoms with Crippen LogP contribution >= 0.6 is 15.6 Å². The molecule has 0 spiro atoms. The fraction of sp³-hybridized carbons (Fsp3) is 0.684. The van der Waals surface area contributed by atoms with Crippen molar-refractivity contribution in [3.63, 3.8) is 0 Å². The fourth-order valence-corrected chi connectivity index (χ4v) is 9.17. The highest BCUT2D eigenvalue weighted by Gasteiger charge is 2.52. The summed E-state index contributed by atoms with van der Waals surface area (Å²) < 4.78 is 56.9. The van der Waals surface area contributed by atoms with Gasteiger partial charge in [0.05, 0.1) is 13.2 Å². The van der Waals surface area contributed by atoms with E-state index in [1.807, 2.05) is 4.98 Å². The van der Waals surface area contributed by atoms with E-state index in [0.29, 0.717) is 4.57 Å². The van der Waals surface area contributed by atoms with Crippen LogP contribution in [0.3, 0.4) is 0 Å². The summed E-state index contributed by atoms with van der Waals surface area (Å²) in [5, 5.41) is 80.8. The molecule has 2 aliphatic heterocycles. The van der Waals surface area contributed by atoms with Crippen LogP contribution in [0.2, 0.25) is 0 Å². The number of carboxylic acid groups (broad SMARTS) is 3. The van der Waals surface area contributed by atoms with Crippen LogP contribution in [0, 0.1) is 0 Å². The van der Waals surface area contributed by atoms with Crippen LogP contribution in [0.5, 0.6) is 0 Å². The summed E-state index contributed by atoms with van der Waals surface area (Å²) in [5.74, 6) is -9.59. The quantitative estimate of drug-likeness (QED) is 0.0332. The van der Waals surface area contributed by atoms with Gasteiger partial charge in [0.2, 0.25) is 29.5 Å². The van der Waals surface area contributed by atoms with Gasteiger partial charge in [-0.1, -0.05) is 0 Å². The summed E-state index contributed by atoms with van der Waals surface area (Å²) in [6.45, 7) is 1.88. The van der Waals surface area contributed by atoms with Crippen LogP contribution in [-0.2, 0) is 75.1 Å². The smallest absolute Gasteiger partial charge is 0.480 e. The summed E-state index contributed by atoms with van der Waals surface area (Å²) in [4.78, 5) is 145. The van der Waals surface area contributed by atoms with Gasteiger partial charge in [-0.3, -0.25) is 57.0 Å². The molecule has 1 aromatic heterocycles. The van der Waals surface area contributed by atoms with E-state index in [4.69, 9.17) is 34.7 Å². The molecule has 37 heteroatoms. The van der Waals surface area contributed by atoms with Gasteiger partial charge in [0, 0.05) is 25.6 Å². The highest BCUT2D eigenvalue weighted by Crippen LogP contribution is 2.61. The third kappa shape index (κ3) is 19.2. The van der Waals surface area contributed by atoms with E-state index in [-0.39, 0.29) is 19.3 Å². The molecule has 1 aromatic rings. The molecule has 0 bridgehead atoms. The number of ether oxygens (including phenoxy) is 3. The Bertz CT molecular complexity index is 2440. The van der Waals surface area contributed by atoms with Gasteiger partial charge in [-0.15, -0.1) is 0 Å². The molecule has 15 unspecified atom stereocenters. The number of phosphoric acid groups is 2. The Labute approximate surface area is 422 Å². The topological polar surface area (TPSA) is 549 Å². The van der Waals surface area contributed by atoms with Crippen LogP contribution in [0.15, 0.2) is 21.9 Å². The summed E-state index contributed by atoms with van der Waals surface area (Å²) >= 11 is 0. The molecular weight excluding hydrogens is 1060 g/mol. The molecule has 5 amide bonds. The summed E-state index contributed by atoms with van der Waals surface area (Å²) in [6, 6.07) is -8.58. The zero-order valence-corrected chi connectivity index (χ0v) is 41.8. The first kappa shape index (κ1) is 63.7. The molecule has 75 heavy (non-hydrogen) atoms. The zero-order valence-electron chi connectivity index (χ0n) is 40.1.